The summed E-state index contributed by atoms with van der Waals surface area (Å²) < 4.78 is 40.3. The highest BCUT2D eigenvalue weighted by molar-refractivity contribution is 5.79. The summed E-state index contributed by atoms with van der Waals surface area (Å²) >= 11 is 0. The van der Waals surface area contributed by atoms with E-state index in [1.807, 2.05) is 19.0 Å². The van der Waals surface area contributed by atoms with Gasteiger partial charge in [0.15, 0.2) is 0 Å². The molecule has 150 valence electrons. The highest BCUT2D eigenvalue weighted by atomic mass is 19.4. The van der Waals surface area contributed by atoms with Crippen molar-refractivity contribution in [2.24, 2.45) is 5.92 Å². The molecule has 1 saturated heterocycles. The van der Waals surface area contributed by atoms with E-state index in [9.17, 15) is 22.8 Å². The van der Waals surface area contributed by atoms with Gasteiger partial charge in [0.25, 0.3) is 0 Å². The molecule has 6 nitrogen and oxygen atoms in total. The Labute approximate surface area is 156 Å². The van der Waals surface area contributed by atoms with E-state index >= 15 is 0 Å². The Morgan fingerprint density at radius 1 is 1.22 bits per heavy atom. The molecule has 2 rings (SSSR count). The number of likely N-dealkylation sites (tertiary alicyclic amines) is 1. The van der Waals surface area contributed by atoms with Gasteiger partial charge in [0, 0.05) is 32.5 Å². The summed E-state index contributed by atoms with van der Waals surface area (Å²) in [5.74, 6) is -0.476. The lowest BCUT2D eigenvalue weighted by molar-refractivity contribution is -0.274. The summed E-state index contributed by atoms with van der Waals surface area (Å²) in [5, 5.41) is 2.95. The van der Waals surface area contributed by atoms with Crippen LogP contribution in [0.4, 0.5) is 13.2 Å². The van der Waals surface area contributed by atoms with Crippen LogP contribution in [0.3, 0.4) is 0 Å². The second kappa shape index (κ2) is 8.60. The Balaban J connectivity index is 1.94. The number of alkyl halides is 3. The first-order valence-corrected chi connectivity index (χ1v) is 8.58. The molecule has 0 unspecified atom stereocenters. The van der Waals surface area contributed by atoms with Gasteiger partial charge in [0.1, 0.15) is 5.75 Å². The highest BCUT2D eigenvalue weighted by Gasteiger charge is 2.35. The lowest BCUT2D eigenvalue weighted by Crippen LogP contribution is -2.44. The fourth-order valence-electron chi connectivity index (χ4n) is 3.20. The van der Waals surface area contributed by atoms with E-state index in [0.717, 1.165) is 6.54 Å². The minimum atomic E-state index is -4.74. The predicted molar refractivity (Wildman–Crippen MR) is 93.1 cm³/mol. The molecule has 0 aliphatic carbocycles. The zero-order valence-corrected chi connectivity index (χ0v) is 15.5. The number of hydrogen-bond donors (Lipinski definition) is 1. The summed E-state index contributed by atoms with van der Waals surface area (Å²) in [5.41, 5.74) is 0.576. The van der Waals surface area contributed by atoms with Crippen LogP contribution in [-0.2, 0) is 16.0 Å². The summed E-state index contributed by atoms with van der Waals surface area (Å²) in [6.45, 7) is 3.28. The Kier molecular flexibility index (Phi) is 6.69. The van der Waals surface area contributed by atoms with Crippen LogP contribution in [-0.4, -0.2) is 67.7 Å². The average Bonchev–Trinajstić information content (AvgIpc) is 2.90. The van der Waals surface area contributed by atoms with Gasteiger partial charge in [-0.25, -0.2) is 0 Å². The van der Waals surface area contributed by atoms with Crippen molar-refractivity contribution in [3.8, 4) is 5.75 Å². The number of nitrogens with one attached hydrogen (secondary N) is 1. The molecular weight excluding hydrogens is 363 g/mol. The SMILES string of the molecule is CC(=O)N1C[C@@H](CN(C)C)[C@H](NC(=O)Cc2ccc(OC(F)(F)F)cc2)C1. The topological polar surface area (TPSA) is 61.9 Å². The van der Waals surface area contributed by atoms with E-state index in [4.69, 9.17) is 0 Å². The van der Waals surface area contributed by atoms with E-state index in [0.29, 0.717) is 18.7 Å². The fourth-order valence-corrected chi connectivity index (χ4v) is 3.20. The van der Waals surface area contributed by atoms with Crippen LogP contribution in [0.25, 0.3) is 0 Å². The Bertz CT molecular complexity index is 662. The van der Waals surface area contributed by atoms with Gasteiger partial charge in [-0.05, 0) is 31.8 Å². The van der Waals surface area contributed by atoms with Crippen molar-refractivity contribution in [1.29, 1.82) is 0 Å². The van der Waals surface area contributed by atoms with E-state index < -0.39 is 6.36 Å². The first-order valence-electron chi connectivity index (χ1n) is 8.58. The van der Waals surface area contributed by atoms with Crippen LogP contribution in [0.15, 0.2) is 24.3 Å². The van der Waals surface area contributed by atoms with E-state index in [-0.39, 0.29) is 35.9 Å². The number of carbonyl (C=O) groups is 2. The molecule has 1 aliphatic rings. The van der Waals surface area contributed by atoms with Crippen molar-refractivity contribution >= 4 is 11.8 Å². The molecule has 1 fully saturated rings. The maximum Gasteiger partial charge on any atom is 0.573 e. The maximum atomic E-state index is 12.4. The molecule has 2 atom stereocenters. The molecule has 1 aromatic carbocycles. The second-order valence-electron chi connectivity index (χ2n) is 6.99. The number of rotatable bonds is 6. The maximum absolute atomic E-state index is 12.4. The number of carbonyl (C=O) groups excluding carboxylic acids is 2. The highest BCUT2D eigenvalue weighted by Crippen LogP contribution is 2.23. The van der Waals surface area contributed by atoms with Crippen LogP contribution < -0.4 is 10.1 Å². The van der Waals surface area contributed by atoms with Crippen LogP contribution in [0, 0.1) is 5.92 Å². The quantitative estimate of drug-likeness (QED) is 0.807. The third-order valence-electron chi connectivity index (χ3n) is 4.35. The Morgan fingerprint density at radius 2 is 1.85 bits per heavy atom. The van der Waals surface area contributed by atoms with Gasteiger partial charge >= 0.3 is 6.36 Å². The third kappa shape index (κ3) is 6.74. The molecule has 0 spiro atoms. The lowest BCUT2D eigenvalue weighted by Gasteiger charge is -2.22. The van der Waals surface area contributed by atoms with Crippen LogP contribution >= 0.6 is 0 Å². The van der Waals surface area contributed by atoms with E-state index in [1.54, 1.807) is 4.90 Å². The number of halogens is 3. The number of hydrogen-bond acceptors (Lipinski definition) is 4. The first-order chi connectivity index (χ1) is 12.5. The summed E-state index contributed by atoms with van der Waals surface area (Å²) in [6.07, 6.45) is -4.71. The van der Waals surface area contributed by atoms with Crippen LogP contribution in [0.2, 0.25) is 0 Å². The van der Waals surface area contributed by atoms with E-state index in [2.05, 4.69) is 10.1 Å². The van der Waals surface area contributed by atoms with Gasteiger partial charge in [0.2, 0.25) is 11.8 Å². The van der Waals surface area contributed by atoms with Crippen molar-refractivity contribution in [3.63, 3.8) is 0 Å². The first kappa shape index (κ1) is 21.0. The number of ether oxygens (including phenoxy) is 1. The summed E-state index contributed by atoms with van der Waals surface area (Å²) in [4.78, 5) is 27.7. The van der Waals surface area contributed by atoms with Crippen molar-refractivity contribution in [3.05, 3.63) is 29.8 Å². The number of nitrogens with zero attached hydrogens (tertiary/aromatic N) is 2. The van der Waals surface area contributed by atoms with Crippen molar-refractivity contribution < 1.29 is 27.5 Å². The number of amides is 2. The normalized spacial score (nSPS) is 20.0. The van der Waals surface area contributed by atoms with Gasteiger partial charge in [-0.1, -0.05) is 12.1 Å². The molecular formula is C18H24F3N3O3. The molecule has 0 bridgehead atoms. The van der Waals surface area contributed by atoms with Gasteiger partial charge in [0.05, 0.1) is 12.5 Å². The molecule has 2 amide bonds. The molecule has 1 aromatic rings. The average molecular weight is 387 g/mol. The third-order valence-corrected chi connectivity index (χ3v) is 4.35. The largest absolute Gasteiger partial charge is 0.573 e. The molecule has 1 aliphatic heterocycles. The van der Waals surface area contributed by atoms with Crippen molar-refractivity contribution in [2.75, 3.05) is 33.7 Å². The van der Waals surface area contributed by atoms with E-state index in [1.165, 1.54) is 31.2 Å². The standard InChI is InChI=1S/C18H24F3N3O3/c1-12(25)24-10-14(9-23(2)3)16(11-24)22-17(26)8-13-4-6-15(7-5-13)27-18(19,20)21/h4-7,14,16H,8-11H2,1-3H3,(H,22,26)/t14-,16-/m1/s1. The second-order valence-corrected chi connectivity index (χ2v) is 6.99. The van der Waals surface area contributed by atoms with Crippen LogP contribution in [0.5, 0.6) is 5.75 Å². The summed E-state index contributed by atoms with van der Waals surface area (Å²) in [6, 6.07) is 5.05. The fraction of sp³-hybridized carbons (Fsp3) is 0.556. The predicted octanol–water partition coefficient (Wildman–Crippen LogP) is 1.65. The molecule has 1 N–H and O–H groups in total. The van der Waals surface area contributed by atoms with Crippen molar-refractivity contribution in [2.45, 2.75) is 25.7 Å². The van der Waals surface area contributed by atoms with Gasteiger partial charge in [-0.3, -0.25) is 9.59 Å². The zero-order chi connectivity index (χ0) is 20.2. The molecule has 27 heavy (non-hydrogen) atoms. The van der Waals surface area contributed by atoms with Crippen LogP contribution in [0.1, 0.15) is 12.5 Å². The molecule has 0 saturated carbocycles. The molecule has 1 heterocycles. The summed E-state index contributed by atoms with van der Waals surface area (Å²) in [7, 11) is 3.86. The Morgan fingerprint density at radius 3 is 2.37 bits per heavy atom. The molecule has 0 radical (unpaired) electrons. The monoisotopic (exact) mass is 387 g/mol. The van der Waals surface area contributed by atoms with Gasteiger partial charge in [-0.15, -0.1) is 13.2 Å². The minimum Gasteiger partial charge on any atom is -0.406 e. The zero-order valence-electron chi connectivity index (χ0n) is 15.5. The van der Waals surface area contributed by atoms with Gasteiger partial charge in [-0.2, -0.15) is 0 Å². The number of benzene rings is 1. The Hall–Kier alpha value is -2.29. The molecule has 0 aromatic heterocycles. The molecule has 9 heteroatoms. The minimum absolute atomic E-state index is 0.0317. The lowest BCUT2D eigenvalue weighted by atomic mass is 10.0. The van der Waals surface area contributed by atoms with Crippen molar-refractivity contribution in [1.82, 2.24) is 15.1 Å². The van der Waals surface area contributed by atoms with Gasteiger partial charge < -0.3 is 19.9 Å². The smallest absolute Gasteiger partial charge is 0.406 e.